The summed E-state index contributed by atoms with van der Waals surface area (Å²) < 4.78 is 17.8. The van der Waals surface area contributed by atoms with Crippen molar-refractivity contribution in [2.24, 2.45) is 17.4 Å². The molecule has 0 radical (unpaired) electrons. The maximum absolute atomic E-state index is 11.7. The second kappa shape index (κ2) is 16.2. The molecule has 0 aromatic rings. The van der Waals surface area contributed by atoms with E-state index in [0.717, 1.165) is 0 Å². The van der Waals surface area contributed by atoms with Gasteiger partial charge in [-0.25, -0.2) is 0 Å². The van der Waals surface area contributed by atoms with Gasteiger partial charge in [0.25, 0.3) is 0 Å². The number of aliphatic hydroxyl groups excluding tert-OH is 8. The van der Waals surface area contributed by atoms with E-state index in [9.17, 15) is 46.0 Å². The molecule has 3 aliphatic rings. The normalized spacial score (nSPS) is 44.9. The van der Waals surface area contributed by atoms with Crippen LogP contribution in [0.25, 0.3) is 0 Å². The minimum atomic E-state index is -1.65. The first-order valence-corrected chi connectivity index (χ1v) is 14.9. The number of aliphatic hydroxyl groups is 9. The maximum Gasteiger partial charge on any atom is 0.185 e. The van der Waals surface area contributed by atoms with Crippen molar-refractivity contribution in [1.29, 1.82) is 0 Å². The predicted octanol–water partition coefficient (Wildman–Crippen LogP) is -7.40. The lowest BCUT2D eigenvalue weighted by Crippen LogP contribution is -2.71. The lowest BCUT2D eigenvalue weighted by molar-refractivity contribution is -0.304. The average Bonchev–Trinajstić information content (AvgIpc) is 2.95. The molecule has 2 heterocycles. The Morgan fingerprint density at radius 2 is 1.70 bits per heavy atom. The van der Waals surface area contributed by atoms with E-state index in [1.165, 1.54) is 6.92 Å². The Morgan fingerprint density at radius 3 is 2.30 bits per heavy atom. The van der Waals surface area contributed by atoms with Gasteiger partial charge in [-0.05, 0) is 33.4 Å². The summed E-state index contributed by atoms with van der Waals surface area (Å²) in [5.74, 6) is -1.06. The third-order valence-corrected chi connectivity index (χ3v) is 8.83. The standard InChI is InChI=1S/C26H53N5O12/c1-26(40)10-41-25(21(39)24(26)29-2)43-22-14(31-11(8-32)9-33)5-13(28)16(18(22)36)23-20(38)19(37)17(35)15(42-23)7-30-6-12(34)3-4-27/h11-25,29-40H,3-10,27-28H2,1-2H3. The summed E-state index contributed by atoms with van der Waals surface area (Å²) in [5.41, 5.74) is 10.5. The molecule has 0 spiro atoms. The number of hydrogen-bond donors (Lipinski definition) is 14. The van der Waals surface area contributed by atoms with E-state index >= 15 is 0 Å². The van der Waals surface area contributed by atoms with Crippen molar-refractivity contribution in [3.05, 3.63) is 0 Å². The second-order valence-corrected chi connectivity index (χ2v) is 12.2. The van der Waals surface area contributed by atoms with Gasteiger partial charge in [-0.1, -0.05) is 0 Å². The summed E-state index contributed by atoms with van der Waals surface area (Å²) in [6.45, 7) is 0.820. The zero-order valence-corrected chi connectivity index (χ0v) is 24.7. The molecule has 43 heavy (non-hydrogen) atoms. The summed E-state index contributed by atoms with van der Waals surface area (Å²) in [7, 11) is 1.55. The van der Waals surface area contributed by atoms with Crippen LogP contribution in [0.15, 0.2) is 0 Å². The van der Waals surface area contributed by atoms with Crippen LogP contribution in [0.3, 0.4) is 0 Å². The fourth-order valence-electron chi connectivity index (χ4n) is 6.41. The van der Waals surface area contributed by atoms with E-state index in [1.807, 2.05) is 0 Å². The van der Waals surface area contributed by atoms with Crippen molar-refractivity contribution in [2.45, 2.75) is 111 Å². The third kappa shape index (κ3) is 8.57. The topological polar surface area (TPSA) is 298 Å². The van der Waals surface area contributed by atoms with Gasteiger partial charge >= 0.3 is 0 Å². The van der Waals surface area contributed by atoms with E-state index in [-0.39, 0.29) is 32.7 Å². The second-order valence-electron chi connectivity index (χ2n) is 12.2. The zero-order chi connectivity index (χ0) is 32.1. The molecule has 1 saturated carbocycles. The molecule has 15 atom stereocenters. The highest BCUT2D eigenvalue weighted by Gasteiger charge is 2.56. The maximum atomic E-state index is 11.7. The molecule has 17 nitrogen and oxygen atoms in total. The van der Waals surface area contributed by atoms with E-state index < -0.39 is 110 Å². The Balaban J connectivity index is 1.84. The van der Waals surface area contributed by atoms with Crippen LogP contribution in [0.2, 0.25) is 0 Å². The van der Waals surface area contributed by atoms with Crippen LogP contribution < -0.4 is 27.4 Å². The zero-order valence-electron chi connectivity index (χ0n) is 24.7. The Morgan fingerprint density at radius 1 is 1.02 bits per heavy atom. The molecule has 17 heteroatoms. The molecule has 0 amide bonds. The van der Waals surface area contributed by atoms with Crippen LogP contribution in [0, 0.1) is 5.92 Å². The Hall–Kier alpha value is -0.680. The molecule has 2 saturated heterocycles. The van der Waals surface area contributed by atoms with Crippen molar-refractivity contribution in [3.8, 4) is 0 Å². The van der Waals surface area contributed by atoms with Gasteiger partial charge in [0.1, 0.15) is 36.1 Å². The van der Waals surface area contributed by atoms with Crippen molar-refractivity contribution in [2.75, 3.05) is 46.5 Å². The Labute approximate surface area is 251 Å². The first-order valence-electron chi connectivity index (χ1n) is 14.9. The van der Waals surface area contributed by atoms with Gasteiger partial charge in [0.15, 0.2) is 6.29 Å². The monoisotopic (exact) mass is 627 g/mol. The van der Waals surface area contributed by atoms with Crippen molar-refractivity contribution >= 4 is 0 Å². The lowest BCUT2D eigenvalue weighted by atomic mass is 9.72. The molecule has 3 fully saturated rings. The van der Waals surface area contributed by atoms with Crippen LogP contribution in [0.4, 0.5) is 0 Å². The van der Waals surface area contributed by atoms with E-state index in [4.69, 9.17) is 25.7 Å². The summed E-state index contributed by atoms with van der Waals surface area (Å²) in [4.78, 5) is 0. The van der Waals surface area contributed by atoms with E-state index in [0.29, 0.717) is 6.42 Å². The summed E-state index contributed by atoms with van der Waals surface area (Å²) in [6.07, 6.45) is -12.8. The Kier molecular flexibility index (Phi) is 13.9. The van der Waals surface area contributed by atoms with Crippen molar-refractivity contribution < 1.29 is 60.2 Å². The molecule has 15 unspecified atom stereocenters. The van der Waals surface area contributed by atoms with Gasteiger partial charge in [-0.15, -0.1) is 0 Å². The van der Waals surface area contributed by atoms with Crippen LogP contribution in [-0.4, -0.2) is 183 Å². The fraction of sp³-hybridized carbons (Fsp3) is 1.00. The highest BCUT2D eigenvalue weighted by atomic mass is 16.7. The van der Waals surface area contributed by atoms with Crippen molar-refractivity contribution in [3.63, 3.8) is 0 Å². The molecule has 16 N–H and O–H groups in total. The van der Waals surface area contributed by atoms with Gasteiger partial charge in [0.05, 0.1) is 56.3 Å². The van der Waals surface area contributed by atoms with Gasteiger partial charge < -0.3 is 87.6 Å². The first-order chi connectivity index (χ1) is 20.3. The molecule has 3 rings (SSSR count). The number of ether oxygens (including phenoxy) is 3. The summed E-state index contributed by atoms with van der Waals surface area (Å²) in [5, 5.41) is 104. The minimum Gasteiger partial charge on any atom is -0.395 e. The number of nitrogens with two attached hydrogens (primary N) is 2. The quantitative estimate of drug-likeness (QED) is 0.0850. The SMILES string of the molecule is CNC1C(O)C(OC2C(NC(CO)CO)CC(N)C(C3OC(CNCC(O)CCN)C(O)C(O)C3O)C2O)OCC1(C)O. The van der Waals surface area contributed by atoms with E-state index in [2.05, 4.69) is 16.0 Å². The van der Waals surface area contributed by atoms with Crippen LogP contribution in [0.5, 0.6) is 0 Å². The first kappa shape index (κ1) is 36.8. The predicted molar refractivity (Wildman–Crippen MR) is 150 cm³/mol. The molecule has 2 aliphatic heterocycles. The highest BCUT2D eigenvalue weighted by molar-refractivity contribution is 5.07. The van der Waals surface area contributed by atoms with Crippen LogP contribution in [-0.2, 0) is 14.2 Å². The molecule has 0 aromatic heterocycles. The molecular weight excluding hydrogens is 574 g/mol. The number of nitrogens with one attached hydrogen (secondary N) is 3. The third-order valence-electron chi connectivity index (χ3n) is 8.83. The lowest BCUT2D eigenvalue weighted by Gasteiger charge is -2.52. The average molecular weight is 628 g/mol. The highest BCUT2D eigenvalue weighted by Crippen LogP contribution is 2.37. The van der Waals surface area contributed by atoms with Gasteiger partial charge in [0.2, 0.25) is 0 Å². The smallest absolute Gasteiger partial charge is 0.185 e. The molecule has 0 aromatic carbocycles. The fourth-order valence-corrected chi connectivity index (χ4v) is 6.41. The number of rotatable bonds is 14. The molecule has 0 bridgehead atoms. The van der Waals surface area contributed by atoms with Gasteiger partial charge in [-0.3, -0.25) is 0 Å². The number of likely N-dealkylation sites (N-methyl/N-ethyl adjacent to an activating group) is 1. The van der Waals surface area contributed by atoms with Gasteiger partial charge in [0, 0.05) is 31.1 Å². The van der Waals surface area contributed by atoms with Crippen molar-refractivity contribution in [1.82, 2.24) is 16.0 Å². The molecule has 254 valence electrons. The molecular formula is C26H53N5O12. The van der Waals surface area contributed by atoms with Crippen LogP contribution >= 0.6 is 0 Å². The van der Waals surface area contributed by atoms with E-state index in [1.54, 1.807) is 7.05 Å². The minimum absolute atomic E-state index is 0.00659. The summed E-state index contributed by atoms with van der Waals surface area (Å²) >= 11 is 0. The largest absolute Gasteiger partial charge is 0.395 e. The Bertz CT molecular complexity index is 831. The van der Waals surface area contributed by atoms with Gasteiger partial charge in [-0.2, -0.15) is 0 Å². The number of hydrogen-bond acceptors (Lipinski definition) is 17. The van der Waals surface area contributed by atoms with Crippen LogP contribution in [0.1, 0.15) is 19.8 Å². The molecule has 1 aliphatic carbocycles. The summed E-state index contributed by atoms with van der Waals surface area (Å²) in [6, 6.07) is -3.30.